The molecule has 1 rings (SSSR count). The molecule has 0 heterocycles. The first-order chi connectivity index (χ1) is 7.24. The molecule has 0 radical (unpaired) electrons. The van der Waals surface area contributed by atoms with Crippen LogP contribution in [0.4, 0.5) is 0 Å². The molecule has 15 heavy (non-hydrogen) atoms. The fraction of sp³-hybridized carbons (Fsp3) is 0.167. The Hall–Kier alpha value is -1.90. The van der Waals surface area contributed by atoms with Crippen molar-refractivity contribution in [3.63, 3.8) is 0 Å². The van der Waals surface area contributed by atoms with Gasteiger partial charge in [0.25, 0.3) is 0 Å². The Morgan fingerprint density at radius 2 is 2.00 bits per heavy atom. The third kappa shape index (κ3) is 3.77. The van der Waals surface area contributed by atoms with Crippen molar-refractivity contribution in [2.45, 2.75) is 6.42 Å². The topological polar surface area (TPSA) is 43.4 Å². The van der Waals surface area contributed by atoms with Gasteiger partial charge in [-0.25, -0.2) is 4.79 Å². The van der Waals surface area contributed by atoms with Gasteiger partial charge < -0.3 is 4.74 Å². The highest BCUT2D eigenvalue weighted by molar-refractivity contribution is 5.89. The quantitative estimate of drug-likeness (QED) is 0.418. The molecule has 3 heteroatoms. The number of benzene rings is 1. The van der Waals surface area contributed by atoms with Crippen molar-refractivity contribution in [3.05, 3.63) is 48.0 Å². The second-order valence-electron chi connectivity index (χ2n) is 3.03. The van der Waals surface area contributed by atoms with Gasteiger partial charge in [0.2, 0.25) is 0 Å². The van der Waals surface area contributed by atoms with Crippen LogP contribution in [-0.4, -0.2) is 18.9 Å². The molecule has 1 aromatic rings. The highest BCUT2D eigenvalue weighted by atomic mass is 16.5. The van der Waals surface area contributed by atoms with E-state index in [4.69, 9.17) is 4.74 Å². The van der Waals surface area contributed by atoms with Gasteiger partial charge in [0.05, 0.1) is 12.2 Å². The largest absolute Gasteiger partial charge is 0.462 e. The Morgan fingerprint density at radius 1 is 1.33 bits per heavy atom. The predicted molar refractivity (Wildman–Crippen MR) is 56.5 cm³/mol. The van der Waals surface area contributed by atoms with Gasteiger partial charge in [0, 0.05) is 6.42 Å². The van der Waals surface area contributed by atoms with Crippen LogP contribution >= 0.6 is 0 Å². The third-order valence-electron chi connectivity index (χ3n) is 1.83. The summed E-state index contributed by atoms with van der Waals surface area (Å²) in [5, 5.41) is 0. The molecule has 0 aliphatic rings. The number of carbonyl (C=O) groups excluding carboxylic acids is 2. The van der Waals surface area contributed by atoms with Crippen molar-refractivity contribution in [3.8, 4) is 0 Å². The minimum Gasteiger partial charge on any atom is -0.462 e. The summed E-state index contributed by atoms with van der Waals surface area (Å²) in [5.74, 6) is -0.380. The SMILES string of the molecule is C=C(C=O)CCOC(=O)c1ccccc1. The summed E-state index contributed by atoms with van der Waals surface area (Å²) < 4.78 is 4.94. The molecule has 0 bridgehead atoms. The van der Waals surface area contributed by atoms with Gasteiger partial charge in [0.1, 0.15) is 6.29 Å². The van der Waals surface area contributed by atoms with E-state index < -0.39 is 0 Å². The van der Waals surface area contributed by atoms with Crippen molar-refractivity contribution >= 4 is 12.3 Å². The molecule has 0 aliphatic carbocycles. The Kier molecular flexibility index (Phi) is 4.29. The van der Waals surface area contributed by atoms with Crippen molar-refractivity contribution in [2.75, 3.05) is 6.61 Å². The molecule has 0 aliphatic heterocycles. The highest BCUT2D eigenvalue weighted by Crippen LogP contribution is 2.02. The van der Waals surface area contributed by atoms with Crippen molar-refractivity contribution < 1.29 is 14.3 Å². The van der Waals surface area contributed by atoms with Crippen LogP contribution in [0.25, 0.3) is 0 Å². The lowest BCUT2D eigenvalue weighted by Crippen LogP contribution is -2.06. The molecular formula is C12H12O3. The van der Waals surface area contributed by atoms with Crippen LogP contribution in [0.5, 0.6) is 0 Å². The first-order valence-corrected chi connectivity index (χ1v) is 4.59. The van der Waals surface area contributed by atoms with E-state index in [-0.39, 0.29) is 12.6 Å². The number of aldehydes is 1. The van der Waals surface area contributed by atoms with Crippen LogP contribution in [0.15, 0.2) is 42.5 Å². The second-order valence-corrected chi connectivity index (χ2v) is 3.03. The summed E-state index contributed by atoms with van der Waals surface area (Å²) in [6, 6.07) is 8.71. The lowest BCUT2D eigenvalue weighted by atomic mass is 10.2. The molecule has 0 saturated carbocycles. The van der Waals surface area contributed by atoms with Crippen molar-refractivity contribution in [2.24, 2.45) is 0 Å². The number of ether oxygens (including phenoxy) is 1. The zero-order valence-corrected chi connectivity index (χ0v) is 8.31. The van der Waals surface area contributed by atoms with Crippen LogP contribution in [0.1, 0.15) is 16.8 Å². The first-order valence-electron chi connectivity index (χ1n) is 4.59. The molecule has 0 saturated heterocycles. The molecule has 1 aromatic carbocycles. The number of carbonyl (C=O) groups is 2. The highest BCUT2D eigenvalue weighted by Gasteiger charge is 2.05. The minimum absolute atomic E-state index is 0.186. The van der Waals surface area contributed by atoms with Crippen LogP contribution in [0.2, 0.25) is 0 Å². The fourth-order valence-electron chi connectivity index (χ4n) is 0.991. The summed E-state index contributed by atoms with van der Waals surface area (Å²) in [7, 11) is 0. The van der Waals surface area contributed by atoms with Crippen molar-refractivity contribution in [1.82, 2.24) is 0 Å². The third-order valence-corrected chi connectivity index (χ3v) is 1.83. The van der Waals surface area contributed by atoms with Gasteiger partial charge in [-0.3, -0.25) is 4.79 Å². The number of rotatable bonds is 5. The van der Waals surface area contributed by atoms with E-state index in [1.165, 1.54) is 0 Å². The summed E-state index contributed by atoms with van der Waals surface area (Å²) in [5.41, 5.74) is 0.935. The Labute approximate surface area is 88.4 Å². The predicted octanol–water partition coefficient (Wildman–Crippen LogP) is 1.99. The molecule has 0 atom stereocenters. The van der Waals surface area contributed by atoms with Gasteiger partial charge >= 0.3 is 5.97 Å². The number of hydrogen-bond acceptors (Lipinski definition) is 3. The van der Waals surface area contributed by atoms with E-state index >= 15 is 0 Å². The zero-order valence-electron chi connectivity index (χ0n) is 8.31. The van der Waals surface area contributed by atoms with E-state index in [0.29, 0.717) is 23.8 Å². The van der Waals surface area contributed by atoms with Crippen LogP contribution in [0, 0.1) is 0 Å². The molecule has 0 unspecified atom stereocenters. The normalized spacial score (nSPS) is 9.33. The average Bonchev–Trinajstić information content (AvgIpc) is 2.29. The summed E-state index contributed by atoms with van der Waals surface area (Å²) in [4.78, 5) is 21.6. The van der Waals surface area contributed by atoms with Gasteiger partial charge in [0.15, 0.2) is 0 Å². The van der Waals surface area contributed by atoms with E-state index in [0.717, 1.165) is 0 Å². The Bertz CT molecular complexity index is 354. The Morgan fingerprint density at radius 3 is 2.60 bits per heavy atom. The first kappa shape index (κ1) is 11.2. The lowest BCUT2D eigenvalue weighted by molar-refractivity contribution is -0.105. The molecule has 0 fully saturated rings. The smallest absolute Gasteiger partial charge is 0.338 e. The molecule has 0 N–H and O–H groups in total. The molecule has 0 amide bonds. The van der Waals surface area contributed by atoms with Crippen molar-refractivity contribution in [1.29, 1.82) is 0 Å². The van der Waals surface area contributed by atoms with Crippen LogP contribution in [-0.2, 0) is 9.53 Å². The number of hydrogen-bond donors (Lipinski definition) is 0. The van der Waals surface area contributed by atoms with Crippen LogP contribution in [0.3, 0.4) is 0 Å². The molecule has 3 nitrogen and oxygen atoms in total. The zero-order chi connectivity index (χ0) is 11.1. The molecule has 0 spiro atoms. The Balaban J connectivity index is 2.37. The maximum absolute atomic E-state index is 11.4. The summed E-state index contributed by atoms with van der Waals surface area (Å²) in [6.07, 6.45) is 1.04. The molecular weight excluding hydrogens is 192 g/mol. The van der Waals surface area contributed by atoms with Gasteiger partial charge in [-0.05, 0) is 17.7 Å². The number of esters is 1. The summed E-state index contributed by atoms with van der Waals surface area (Å²) >= 11 is 0. The minimum atomic E-state index is -0.380. The monoisotopic (exact) mass is 204 g/mol. The second kappa shape index (κ2) is 5.75. The van der Waals surface area contributed by atoms with Crippen LogP contribution < -0.4 is 0 Å². The maximum atomic E-state index is 11.4. The fourth-order valence-corrected chi connectivity index (χ4v) is 0.991. The van der Waals surface area contributed by atoms with E-state index in [9.17, 15) is 9.59 Å². The van der Waals surface area contributed by atoms with Gasteiger partial charge in [-0.15, -0.1) is 0 Å². The van der Waals surface area contributed by atoms with E-state index in [1.807, 2.05) is 6.07 Å². The average molecular weight is 204 g/mol. The lowest BCUT2D eigenvalue weighted by Gasteiger charge is -2.03. The molecule has 0 aromatic heterocycles. The standard InChI is InChI=1S/C12H12O3/c1-10(9-13)7-8-15-12(14)11-5-3-2-4-6-11/h2-6,9H,1,7-8H2. The van der Waals surface area contributed by atoms with E-state index in [2.05, 4.69) is 6.58 Å². The van der Waals surface area contributed by atoms with Gasteiger partial charge in [-0.2, -0.15) is 0 Å². The maximum Gasteiger partial charge on any atom is 0.338 e. The van der Waals surface area contributed by atoms with E-state index in [1.54, 1.807) is 24.3 Å². The summed E-state index contributed by atoms with van der Waals surface area (Å²) in [6.45, 7) is 3.67. The molecule has 78 valence electrons. The van der Waals surface area contributed by atoms with Gasteiger partial charge in [-0.1, -0.05) is 24.8 Å².